The van der Waals surface area contributed by atoms with Gasteiger partial charge in [-0.3, -0.25) is 9.59 Å². The Morgan fingerprint density at radius 1 is 1.23 bits per heavy atom. The molecule has 2 aromatic rings. The molecule has 2 N–H and O–H groups in total. The number of benzene rings is 1. The summed E-state index contributed by atoms with van der Waals surface area (Å²) in [7, 11) is -3.90. The molecule has 2 heterocycles. The lowest BCUT2D eigenvalue weighted by Gasteiger charge is -2.21. The number of thiophene rings is 1. The molecule has 0 saturated carbocycles. The van der Waals surface area contributed by atoms with E-state index in [0.717, 1.165) is 16.1 Å². The van der Waals surface area contributed by atoms with E-state index in [0.29, 0.717) is 32.4 Å². The van der Waals surface area contributed by atoms with Gasteiger partial charge in [0.2, 0.25) is 21.8 Å². The number of rotatable bonds is 9. The molecule has 0 saturated heterocycles. The maximum Gasteiger partial charge on any atom is 0.241 e. The average molecular weight is 464 g/mol. The van der Waals surface area contributed by atoms with E-state index in [2.05, 4.69) is 10.0 Å². The minimum Gasteiger partial charge on any atom is -0.350 e. The van der Waals surface area contributed by atoms with Gasteiger partial charge in [0.15, 0.2) is 0 Å². The second-order valence-electron chi connectivity index (χ2n) is 8.04. The third kappa shape index (κ3) is 5.72. The van der Waals surface area contributed by atoms with Crippen molar-refractivity contribution < 1.29 is 18.0 Å². The zero-order valence-corrected chi connectivity index (χ0v) is 19.7. The topological polar surface area (TPSA) is 95.6 Å². The standard InChI is InChI=1S/C22H29N3O4S2/c1-4-21(26)25-10-9-16-13-18(7-8-20(16)25)31(28,29)24-19(12-15(2)3)22(27)23-14-17-6-5-11-30-17/h5-8,11,13,15,19,24H,4,9-10,12,14H2,1-3H3,(H,23,27)/t19-/m0/s1. The molecule has 1 aromatic carbocycles. The second kappa shape index (κ2) is 9.93. The molecule has 0 unspecified atom stereocenters. The van der Waals surface area contributed by atoms with Crippen molar-refractivity contribution in [3.05, 3.63) is 46.2 Å². The van der Waals surface area contributed by atoms with Crippen LogP contribution in [-0.2, 0) is 32.6 Å². The number of hydrogen-bond acceptors (Lipinski definition) is 5. The highest BCUT2D eigenvalue weighted by atomic mass is 32.2. The first-order valence-electron chi connectivity index (χ1n) is 10.5. The van der Waals surface area contributed by atoms with Crippen LogP contribution in [0.1, 0.15) is 44.1 Å². The molecule has 7 nitrogen and oxygen atoms in total. The second-order valence-corrected chi connectivity index (χ2v) is 10.8. The molecule has 0 radical (unpaired) electrons. The first-order chi connectivity index (χ1) is 14.7. The maximum atomic E-state index is 13.1. The molecule has 2 amide bonds. The van der Waals surface area contributed by atoms with Crippen molar-refractivity contribution in [2.75, 3.05) is 11.4 Å². The van der Waals surface area contributed by atoms with Gasteiger partial charge in [0, 0.05) is 23.5 Å². The van der Waals surface area contributed by atoms with Crippen LogP contribution in [0.25, 0.3) is 0 Å². The molecule has 1 aliphatic heterocycles. The molecule has 3 rings (SSSR count). The van der Waals surface area contributed by atoms with Crippen molar-refractivity contribution in [3.63, 3.8) is 0 Å². The molecule has 1 atom stereocenters. The van der Waals surface area contributed by atoms with Gasteiger partial charge in [-0.25, -0.2) is 8.42 Å². The summed E-state index contributed by atoms with van der Waals surface area (Å²) in [4.78, 5) is 27.6. The fourth-order valence-electron chi connectivity index (χ4n) is 3.64. The summed E-state index contributed by atoms with van der Waals surface area (Å²) in [6.45, 7) is 6.62. The largest absolute Gasteiger partial charge is 0.350 e. The molecule has 0 aliphatic carbocycles. The highest BCUT2D eigenvalue weighted by Gasteiger charge is 2.29. The molecule has 0 spiro atoms. The summed E-state index contributed by atoms with van der Waals surface area (Å²) < 4.78 is 28.7. The lowest BCUT2D eigenvalue weighted by atomic mass is 10.0. The number of fused-ring (bicyclic) bond motifs is 1. The molecule has 0 bridgehead atoms. The van der Waals surface area contributed by atoms with Crippen LogP contribution >= 0.6 is 11.3 Å². The average Bonchev–Trinajstić information content (AvgIpc) is 3.39. The van der Waals surface area contributed by atoms with Gasteiger partial charge in [0.25, 0.3) is 0 Å². The zero-order valence-electron chi connectivity index (χ0n) is 18.1. The number of sulfonamides is 1. The lowest BCUT2D eigenvalue weighted by molar-refractivity contribution is -0.123. The number of amides is 2. The summed E-state index contributed by atoms with van der Waals surface area (Å²) in [6.07, 6.45) is 1.40. The zero-order chi connectivity index (χ0) is 22.6. The van der Waals surface area contributed by atoms with Gasteiger partial charge in [0.1, 0.15) is 6.04 Å². The van der Waals surface area contributed by atoms with Crippen molar-refractivity contribution in [3.8, 4) is 0 Å². The molecule has 9 heteroatoms. The minimum absolute atomic E-state index is 0.0203. The van der Waals surface area contributed by atoms with Crippen molar-refractivity contribution in [2.24, 2.45) is 5.92 Å². The van der Waals surface area contributed by atoms with Crippen molar-refractivity contribution >= 4 is 38.9 Å². The van der Waals surface area contributed by atoms with Crippen LogP contribution < -0.4 is 14.9 Å². The Morgan fingerprint density at radius 3 is 2.65 bits per heavy atom. The van der Waals surface area contributed by atoms with Crippen LogP contribution in [0.5, 0.6) is 0 Å². The van der Waals surface area contributed by atoms with Crippen molar-refractivity contribution in [1.82, 2.24) is 10.0 Å². The molecule has 31 heavy (non-hydrogen) atoms. The van der Waals surface area contributed by atoms with E-state index in [1.54, 1.807) is 24.0 Å². The summed E-state index contributed by atoms with van der Waals surface area (Å²) in [5.41, 5.74) is 1.59. The Bertz CT molecular complexity index is 1030. The van der Waals surface area contributed by atoms with Gasteiger partial charge < -0.3 is 10.2 Å². The van der Waals surface area contributed by atoms with Crippen LogP contribution in [0, 0.1) is 5.92 Å². The quantitative estimate of drug-likeness (QED) is 0.597. The number of hydrogen-bond donors (Lipinski definition) is 2. The third-order valence-corrected chi connectivity index (χ3v) is 7.54. The van der Waals surface area contributed by atoms with Crippen molar-refractivity contribution in [2.45, 2.75) is 57.5 Å². The van der Waals surface area contributed by atoms with Gasteiger partial charge >= 0.3 is 0 Å². The van der Waals surface area contributed by atoms with E-state index >= 15 is 0 Å². The summed E-state index contributed by atoms with van der Waals surface area (Å²) in [5.74, 6) is -0.188. The monoisotopic (exact) mass is 463 g/mol. The Balaban J connectivity index is 1.76. The fraction of sp³-hybridized carbons (Fsp3) is 0.455. The summed E-state index contributed by atoms with van der Waals surface area (Å²) >= 11 is 1.53. The van der Waals surface area contributed by atoms with Gasteiger partial charge in [-0.2, -0.15) is 4.72 Å². The maximum absolute atomic E-state index is 13.1. The molecule has 0 fully saturated rings. The Labute approximate surface area is 187 Å². The van der Waals surface area contributed by atoms with Crippen LogP contribution in [-0.4, -0.2) is 32.8 Å². The number of nitrogens with zero attached hydrogens (tertiary/aromatic N) is 1. The normalized spacial score (nSPS) is 14.5. The van der Waals surface area contributed by atoms with Crippen LogP contribution in [0.2, 0.25) is 0 Å². The van der Waals surface area contributed by atoms with Gasteiger partial charge in [0.05, 0.1) is 11.4 Å². The molecule has 168 valence electrons. The fourth-order valence-corrected chi connectivity index (χ4v) is 5.54. The van der Waals surface area contributed by atoms with Crippen molar-refractivity contribution in [1.29, 1.82) is 0 Å². The van der Waals surface area contributed by atoms with E-state index in [-0.39, 0.29) is 22.6 Å². The number of anilines is 1. The Morgan fingerprint density at radius 2 is 2.00 bits per heavy atom. The molecule has 1 aliphatic rings. The van der Waals surface area contributed by atoms with E-state index in [1.165, 1.54) is 17.4 Å². The van der Waals surface area contributed by atoms with Crippen LogP contribution in [0.3, 0.4) is 0 Å². The number of carbonyl (C=O) groups excluding carboxylic acids is 2. The predicted molar refractivity (Wildman–Crippen MR) is 123 cm³/mol. The SMILES string of the molecule is CCC(=O)N1CCc2cc(S(=O)(=O)N[C@@H](CC(C)C)C(=O)NCc3cccs3)ccc21. The van der Waals surface area contributed by atoms with E-state index in [1.807, 2.05) is 31.4 Å². The van der Waals surface area contributed by atoms with Gasteiger partial charge in [-0.05, 0) is 54.0 Å². The van der Waals surface area contributed by atoms with E-state index in [9.17, 15) is 18.0 Å². The smallest absolute Gasteiger partial charge is 0.241 e. The van der Waals surface area contributed by atoms with E-state index in [4.69, 9.17) is 0 Å². The van der Waals surface area contributed by atoms with Gasteiger partial charge in [-0.15, -0.1) is 11.3 Å². The molecular weight excluding hydrogens is 434 g/mol. The molecule has 1 aromatic heterocycles. The third-order valence-electron chi connectivity index (χ3n) is 5.20. The number of nitrogens with one attached hydrogen (secondary N) is 2. The Kier molecular flexibility index (Phi) is 7.51. The summed E-state index contributed by atoms with van der Waals surface area (Å²) in [6, 6.07) is 7.75. The first kappa shape index (κ1) is 23.4. The number of carbonyl (C=O) groups is 2. The Hall–Kier alpha value is -2.23. The predicted octanol–water partition coefficient (Wildman–Crippen LogP) is 3.06. The van der Waals surface area contributed by atoms with Crippen LogP contribution in [0.4, 0.5) is 5.69 Å². The van der Waals surface area contributed by atoms with Crippen LogP contribution in [0.15, 0.2) is 40.6 Å². The first-order valence-corrected chi connectivity index (χ1v) is 12.8. The molecular formula is C22H29N3O4S2. The lowest BCUT2D eigenvalue weighted by Crippen LogP contribution is -2.47. The highest BCUT2D eigenvalue weighted by Crippen LogP contribution is 2.30. The van der Waals surface area contributed by atoms with E-state index < -0.39 is 16.1 Å². The summed E-state index contributed by atoms with van der Waals surface area (Å²) in [5, 5.41) is 4.76. The highest BCUT2D eigenvalue weighted by molar-refractivity contribution is 7.89. The van der Waals surface area contributed by atoms with Gasteiger partial charge in [-0.1, -0.05) is 26.8 Å². The minimum atomic E-state index is -3.90.